The Balaban J connectivity index is 1.56. The number of aryl methyl sites for hydroxylation is 1. The van der Waals surface area contributed by atoms with Gasteiger partial charge < -0.3 is 10.6 Å². The molecule has 0 radical (unpaired) electrons. The van der Waals surface area contributed by atoms with E-state index in [9.17, 15) is 4.79 Å². The molecule has 1 aliphatic heterocycles. The van der Waals surface area contributed by atoms with Crippen LogP contribution in [0.2, 0.25) is 0 Å². The van der Waals surface area contributed by atoms with Gasteiger partial charge in [-0.25, -0.2) is 0 Å². The molecule has 1 saturated heterocycles. The van der Waals surface area contributed by atoms with E-state index in [1.54, 1.807) is 11.3 Å². The molecule has 2 aliphatic rings. The van der Waals surface area contributed by atoms with Crippen LogP contribution in [0.25, 0.3) is 0 Å². The summed E-state index contributed by atoms with van der Waals surface area (Å²) < 4.78 is 0. The Kier molecular flexibility index (Phi) is 4.18. The predicted octanol–water partition coefficient (Wildman–Crippen LogP) is 2.28. The van der Waals surface area contributed by atoms with Crippen molar-refractivity contribution in [3.63, 3.8) is 0 Å². The summed E-state index contributed by atoms with van der Waals surface area (Å²) in [7, 11) is 0. The molecule has 2 unspecified atom stereocenters. The molecule has 2 atom stereocenters. The van der Waals surface area contributed by atoms with E-state index in [4.69, 9.17) is 0 Å². The van der Waals surface area contributed by atoms with Gasteiger partial charge in [0.2, 0.25) is 5.91 Å². The van der Waals surface area contributed by atoms with Crippen molar-refractivity contribution in [1.82, 2.24) is 10.6 Å². The Bertz CT molecular complexity index is 437. The van der Waals surface area contributed by atoms with Crippen molar-refractivity contribution in [2.75, 3.05) is 19.6 Å². The van der Waals surface area contributed by atoms with E-state index >= 15 is 0 Å². The number of piperidine rings is 1. The Morgan fingerprint density at radius 1 is 1.42 bits per heavy atom. The van der Waals surface area contributed by atoms with Crippen molar-refractivity contribution in [3.05, 3.63) is 21.9 Å². The van der Waals surface area contributed by atoms with Gasteiger partial charge in [0.15, 0.2) is 0 Å². The van der Waals surface area contributed by atoms with Crippen LogP contribution in [-0.2, 0) is 11.2 Å². The second kappa shape index (κ2) is 6.06. The molecule has 3 rings (SSSR count). The maximum Gasteiger partial charge on any atom is 0.227 e. The van der Waals surface area contributed by atoms with Crippen molar-refractivity contribution < 1.29 is 4.79 Å². The van der Waals surface area contributed by atoms with Gasteiger partial charge in [0.25, 0.3) is 0 Å². The highest BCUT2D eigenvalue weighted by Gasteiger charge is 2.27. The summed E-state index contributed by atoms with van der Waals surface area (Å²) in [4.78, 5) is 13.8. The van der Waals surface area contributed by atoms with E-state index in [-0.39, 0.29) is 11.8 Å². The number of amides is 1. The normalized spacial score (nSPS) is 26.7. The minimum Gasteiger partial charge on any atom is -0.355 e. The molecular formula is C15H22N2OS. The zero-order valence-electron chi connectivity index (χ0n) is 11.3. The van der Waals surface area contributed by atoms with Gasteiger partial charge in [0.1, 0.15) is 0 Å². The number of carbonyl (C=O) groups excluding carboxylic acids is 1. The summed E-state index contributed by atoms with van der Waals surface area (Å²) in [5.74, 6) is 0.958. The summed E-state index contributed by atoms with van der Waals surface area (Å²) >= 11 is 1.80. The van der Waals surface area contributed by atoms with Crippen LogP contribution in [0.15, 0.2) is 11.4 Å². The molecule has 2 N–H and O–H groups in total. The topological polar surface area (TPSA) is 41.1 Å². The number of hydrogen-bond donors (Lipinski definition) is 2. The van der Waals surface area contributed by atoms with Crippen molar-refractivity contribution in [1.29, 1.82) is 0 Å². The monoisotopic (exact) mass is 278 g/mol. The van der Waals surface area contributed by atoms with E-state index in [0.29, 0.717) is 5.92 Å². The highest BCUT2D eigenvalue weighted by atomic mass is 32.1. The fourth-order valence-electron chi connectivity index (χ4n) is 3.23. The third-order valence-corrected chi connectivity index (χ3v) is 5.33. The highest BCUT2D eigenvalue weighted by Crippen LogP contribution is 2.34. The van der Waals surface area contributed by atoms with Gasteiger partial charge in [-0.15, -0.1) is 11.3 Å². The lowest BCUT2D eigenvalue weighted by atomic mass is 9.87. The first-order valence-corrected chi connectivity index (χ1v) is 8.27. The number of nitrogens with one attached hydrogen (secondary N) is 2. The molecule has 0 spiro atoms. The lowest BCUT2D eigenvalue weighted by molar-refractivity contribution is -0.123. The van der Waals surface area contributed by atoms with E-state index in [1.165, 1.54) is 23.3 Å². The van der Waals surface area contributed by atoms with Crippen LogP contribution in [0.5, 0.6) is 0 Å². The molecule has 1 fully saturated rings. The summed E-state index contributed by atoms with van der Waals surface area (Å²) in [5.41, 5.74) is 1.29. The van der Waals surface area contributed by atoms with Gasteiger partial charge >= 0.3 is 0 Å². The predicted molar refractivity (Wildman–Crippen MR) is 78.6 cm³/mol. The average molecular weight is 278 g/mol. The maximum atomic E-state index is 12.4. The molecule has 104 valence electrons. The van der Waals surface area contributed by atoms with Crippen LogP contribution >= 0.6 is 11.3 Å². The lowest BCUT2D eigenvalue weighted by Gasteiger charge is -2.25. The quantitative estimate of drug-likeness (QED) is 0.890. The molecule has 0 saturated carbocycles. The molecule has 1 aromatic rings. The highest BCUT2D eigenvalue weighted by molar-refractivity contribution is 7.10. The van der Waals surface area contributed by atoms with Crippen LogP contribution in [-0.4, -0.2) is 25.5 Å². The van der Waals surface area contributed by atoms with Crippen LogP contribution in [0, 0.1) is 5.92 Å². The molecule has 1 aliphatic carbocycles. The molecule has 19 heavy (non-hydrogen) atoms. The summed E-state index contributed by atoms with van der Waals surface area (Å²) in [5, 5.41) is 8.70. The van der Waals surface area contributed by atoms with Crippen molar-refractivity contribution in [2.24, 2.45) is 5.92 Å². The van der Waals surface area contributed by atoms with Crippen molar-refractivity contribution in [2.45, 2.75) is 38.0 Å². The Morgan fingerprint density at radius 2 is 2.37 bits per heavy atom. The van der Waals surface area contributed by atoms with E-state index < -0.39 is 0 Å². The number of fused-ring (bicyclic) bond motifs is 1. The molecule has 2 heterocycles. The zero-order valence-corrected chi connectivity index (χ0v) is 12.1. The van der Waals surface area contributed by atoms with Crippen molar-refractivity contribution >= 4 is 17.2 Å². The summed E-state index contributed by atoms with van der Waals surface area (Å²) in [6.07, 6.45) is 5.79. The number of thiophene rings is 1. The minimum absolute atomic E-state index is 0.103. The van der Waals surface area contributed by atoms with Crippen molar-refractivity contribution in [3.8, 4) is 0 Å². The number of rotatable bonds is 3. The Hall–Kier alpha value is -0.870. The van der Waals surface area contributed by atoms with Crippen LogP contribution < -0.4 is 10.6 Å². The molecule has 1 aromatic heterocycles. The molecular weight excluding hydrogens is 256 g/mol. The first-order chi connectivity index (χ1) is 9.34. The minimum atomic E-state index is 0.103. The molecule has 1 amide bonds. The smallest absolute Gasteiger partial charge is 0.227 e. The molecule has 0 bridgehead atoms. The second-order valence-corrected chi connectivity index (χ2v) is 6.70. The fourth-order valence-corrected chi connectivity index (χ4v) is 4.21. The van der Waals surface area contributed by atoms with Gasteiger partial charge in [-0.05, 0) is 68.1 Å². The number of carbonyl (C=O) groups is 1. The third-order valence-electron chi connectivity index (χ3n) is 4.33. The Morgan fingerprint density at radius 3 is 3.21 bits per heavy atom. The largest absolute Gasteiger partial charge is 0.355 e. The summed E-state index contributed by atoms with van der Waals surface area (Å²) in [6.45, 7) is 3.02. The molecule has 4 heteroatoms. The van der Waals surface area contributed by atoms with E-state index in [1.807, 2.05) is 0 Å². The van der Waals surface area contributed by atoms with Gasteiger partial charge in [0.05, 0.1) is 5.92 Å². The SMILES string of the molecule is O=C(NCC1CCCNC1)C1CCCc2sccc21. The first kappa shape index (κ1) is 13.1. The van der Waals surface area contributed by atoms with E-state index in [2.05, 4.69) is 22.1 Å². The van der Waals surface area contributed by atoms with E-state index in [0.717, 1.165) is 38.9 Å². The molecule has 0 aromatic carbocycles. The van der Waals surface area contributed by atoms with Crippen LogP contribution in [0.4, 0.5) is 0 Å². The first-order valence-electron chi connectivity index (χ1n) is 7.39. The summed E-state index contributed by atoms with van der Waals surface area (Å²) in [6, 6.07) is 2.14. The number of hydrogen-bond acceptors (Lipinski definition) is 3. The fraction of sp³-hybridized carbons (Fsp3) is 0.667. The lowest BCUT2D eigenvalue weighted by Crippen LogP contribution is -2.40. The standard InChI is InChI=1S/C15H22N2OS/c18-15(17-10-11-3-2-7-16-9-11)13-4-1-5-14-12(13)6-8-19-14/h6,8,11,13,16H,1-5,7,9-10H2,(H,17,18). The van der Waals surface area contributed by atoms with Crippen LogP contribution in [0.3, 0.4) is 0 Å². The second-order valence-electron chi connectivity index (χ2n) is 5.70. The van der Waals surface area contributed by atoms with Gasteiger partial charge in [-0.2, -0.15) is 0 Å². The average Bonchev–Trinajstić information content (AvgIpc) is 2.94. The zero-order chi connectivity index (χ0) is 13.1. The molecule has 3 nitrogen and oxygen atoms in total. The maximum absolute atomic E-state index is 12.4. The van der Waals surface area contributed by atoms with Crippen LogP contribution in [0.1, 0.15) is 42.0 Å². The van der Waals surface area contributed by atoms with Gasteiger partial charge in [-0.1, -0.05) is 0 Å². The third kappa shape index (κ3) is 3.00. The Labute approximate surface area is 118 Å². The van der Waals surface area contributed by atoms with Gasteiger partial charge in [-0.3, -0.25) is 4.79 Å². The van der Waals surface area contributed by atoms with Gasteiger partial charge in [0, 0.05) is 11.4 Å².